The van der Waals surface area contributed by atoms with Crippen molar-refractivity contribution in [2.24, 2.45) is 5.84 Å². The van der Waals surface area contributed by atoms with Crippen LogP contribution < -0.4 is 11.3 Å². The fourth-order valence-corrected chi connectivity index (χ4v) is 0.811. The number of hydrazine groups is 1. The van der Waals surface area contributed by atoms with Gasteiger partial charge in [-0.2, -0.15) is 0 Å². The van der Waals surface area contributed by atoms with Crippen LogP contribution in [0.4, 0.5) is 0 Å². The zero-order chi connectivity index (χ0) is 7.40. The molecule has 0 radical (unpaired) electrons. The van der Waals surface area contributed by atoms with Gasteiger partial charge >= 0.3 is 0 Å². The third kappa shape index (κ3) is 1.52. The molecule has 0 aliphatic heterocycles. The summed E-state index contributed by atoms with van der Waals surface area (Å²) in [7, 11) is 0. The molecule has 0 atom stereocenters. The van der Waals surface area contributed by atoms with Crippen LogP contribution in [0.3, 0.4) is 0 Å². The smallest absolute Gasteiger partial charge is 0.0352 e. The molecule has 10 heavy (non-hydrogen) atoms. The van der Waals surface area contributed by atoms with Crippen LogP contribution in [0.25, 0.3) is 0 Å². The molecule has 0 saturated heterocycles. The van der Waals surface area contributed by atoms with Gasteiger partial charge in [0.25, 0.3) is 0 Å². The zero-order valence-corrected chi connectivity index (χ0v) is 5.96. The maximum atomic E-state index is 5.16. The molecule has 3 nitrogen and oxygen atoms in total. The van der Waals surface area contributed by atoms with E-state index < -0.39 is 0 Å². The molecule has 0 fully saturated rings. The Hall–Kier alpha value is -0.930. The summed E-state index contributed by atoms with van der Waals surface area (Å²) in [6, 6.07) is 1.95. The van der Waals surface area contributed by atoms with Gasteiger partial charge in [0.15, 0.2) is 0 Å². The first-order valence-corrected chi connectivity index (χ1v) is 3.17. The van der Waals surface area contributed by atoms with Gasteiger partial charge in [-0.05, 0) is 24.1 Å². The standard InChI is InChI=1S/C7H11N3/c1-6-4-9-3-2-7(6)5-10-8/h2-4,10H,5,8H2,1H3. The van der Waals surface area contributed by atoms with Crippen molar-refractivity contribution in [3.05, 3.63) is 29.6 Å². The van der Waals surface area contributed by atoms with Gasteiger partial charge in [-0.15, -0.1) is 0 Å². The number of pyridine rings is 1. The first-order valence-electron chi connectivity index (χ1n) is 3.17. The van der Waals surface area contributed by atoms with Crippen molar-refractivity contribution >= 4 is 0 Å². The number of aromatic nitrogens is 1. The van der Waals surface area contributed by atoms with Gasteiger partial charge in [-0.1, -0.05) is 0 Å². The van der Waals surface area contributed by atoms with E-state index in [4.69, 9.17) is 5.84 Å². The second-order valence-corrected chi connectivity index (χ2v) is 2.18. The average molecular weight is 137 g/mol. The second kappa shape index (κ2) is 3.29. The molecule has 0 aliphatic rings. The number of rotatable bonds is 2. The van der Waals surface area contributed by atoms with Crippen molar-refractivity contribution in [3.8, 4) is 0 Å². The van der Waals surface area contributed by atoms with Crippen LogP contribution in [0.1, 0.15) is 11.1 Å². The molecule has 1 rings (SSSR count). The molecule has 0 amide bonds. The minimum Gasteiger partial charge on any atom is -0.271 e. The highest BCUT2D eigenvalue weighted by Crippen LogP contribution is 2.02. The molecule has 0 unspecified atom stereocenters. The summed E-state index contributed by atoms with van der Waals surface area (Å²) in [4.78, 5) is 3.96. The van der Waals surface area contributed by atoms with Crippen LogP contribution in [0.15, 0.2) is 18.5 Å². The van der Waals surface area contributed by atoms with Crippen molar-refractivity contribution in [2.45, 2.75) is 13.5 Å². The Kier molecular flexibility index (Phi) is 2.36. The fraction of sp³-hybridized carbons (Fsp3) is 0.286. The molecular formula is C7H11N3. The number of hydrogen-bond donors (Lipinski definition) is 2. The molecule has 0 saturated carbocycles. The van der Waals surface area contributed by atoms with Crippen LogP contribution in [-0.2, 0) is 6.54 Å². The predicted octanol–water partition coefficient (Wildman–Crippen LogP) is 0.353. The highest BCUT2D eigenvalue weighted by atomic mass is 15.2. The van der Waals surface area contributed by atoms with E-state index in [-0.39, 0.29) is 0 Å². The van der Waals surface area contributed by atoms with Crippen molar-refractivity contribution in [1.82, 2.24) is 10.4 Å². The van der Waals surface area contributed by atoms with Crippen LogP contribution in [0, 0.1) is 6.92 Å². The lowest BCUT2D eigenvalue weighted by Gasteiger charge is -2.01. The van der Waals surface area contributed by atoms with E-state index in [1.807, 2.05) is 19.2 Å². The molecule has 0 spiro atoms. The van der Waals surface area contributed by atoms with E-state index in [0.29, 0.717) is 6.54 Å². The summed E-state index contributed by atoms with van der Waals surface area (Å²) in [5.74, 6) is 5.16. The van der Waals surface area contributed by atoms with Crippen LogP contribution in [-0.4, -0.2) is 4.98 Å². The maximum absolute atomic E-state index is 5.16. The first kappa shape index (κ1) is 7.18. The Morgan fingerprint density at radius 3 is 3.10 bits per heavy atom. The van der Waals surface area contributed by atoms with Crippen LogP contribution in [0.2, 0.25) is 0 Å². The van der Waals surface area contributed by atoms with Gasteiger partial charge in [-0.25, -0.2) is 0 Å². The second-order valence-electron chi connectivity index (χ2n) is 2.18. The van der Waals surface area contributed by atoms with Gasteiger partial charge in [0, 0.05) is 18.9 Å². The van der Waals surface area contributed by atoms with E-state index in [1.165, 1.54) is 11.1 Å². The number of aryl methyl sites for hydroxylation is 1. The Labute approximate surface area is 60.2 Å². The predicted molar refractivity (Wildman–Crippen MR) is 40.0 cm³/mol. The van der Waals surface area contributed by atoms with Gasteiger partial charge in [0.2, 0.25) is 0 Å². The van der Waals surface area contributed by atoms with Crippen LogP contribution >= 0.6 is 0 Å². The third-order valence-corrected chi connectivity index (χ3v) is 1.43. The summed E-state index contributed by atoms with van der Waals surface area (Å²) in [6.07, 6.45) is 3.59. The summed E-state index contributed by atoms with van der Waals surface area (Å²) < 4.78 is 0. The molecule has 1 heterocycles. The zero-order valence-electron chi connectivity index (χ0n) is 5.96. The summed E-state index contributed by atoms with van der Waals surface area (Å²) >= 11 is 0. The van der Waals surface area contributed by atoms with Gasteiger partial charge < -0.3 is 0 Å². The maximum Gasteiger partial charge on any atom is 0.0352 e. The topological polar surface area (TPSA) is 50.9 Å². The Morgan fingerprint density at radius 2 is 2.50 bits per heavy atom. The highest BCUT2D eigenvalue weighted by Gasteiger charge is 1.93. The van der Waals surface area contributed by atoms with Crippen molar-refractivity contribution in [2.75, 3.05) is 0 Å². The fourth-order valence-electron chi connectivity index (χ4n) is 0.811. The van der Waals surface area contributed by atoms with Crippen molar-refractivity contribution < 1.29 is 0 Å². The van der Waals surface area contributed by atoms with Crippen molar-refractivity contribution in [3.63, 3.8) is 0 Å². The lowest BCUT2D eigenvalue weighted by Crippen LogP contribution is -2.21. The SMILES string of the molecule is Cc1cnccc1CNN. The summed E-state index contributed by atoms with van der Waals surface area (Å²) in [6.45, 7) is 2.72. The van der Waals surface area contributed by atoms with Crippen molar-refractivity contribution in [1.29, 1.82) is 0 Å². The summed E-state index contributed by atoms with van der Waals surface area (Å²) in [5, 5.41) is 0. The third-order valence-electron chi connectivity index (χ3n) is 1.43. The molecule has 3 N–H and O–H groups in total. The van der Waals surface area contributed by atoms with E-state index in [9.17, 15) is 0 Å². The average Bonchev–Trinajstić information content (AvgIpc) is 1.94. The largest absolute Gasteiger partial charge is 0.271 e. The molecule has 0 bridgehead atoms. The molecule has 1 aromatic heterocycles. The molecule has 0 aliphatic carbocycles. The van der Waals surface area contributed by atoms with E-state index in [1.54, 1.807) is 6.20 Å². The normalized spacial score (nSPS) is 9.80. The van der Waals surface area contributed by atoms with Gasteiger partial charge in [-0.3, -0.25) is 16.3 Å². The molecule has 1 aromatic rings. The Balaban J connectivity index is 2.81. The molecule has 3 heteroatoms. The minimum absolute atomic E-state index is 0.703. The lowest BCUT2D eigenvalue weighted by atomic mass is 10.2. The minimum atomic E-state index is 0.703. The first-order chi connectivity index (χ1) is 4.84. The quantitative estimate of drug-likeness (QED) is 0.457. The monoisotopic (exact) mass is 137 g/mol. The number of nitrogens with zero attached hydrogens (tertiary/aromatic N) is 1. The Bertz CT molecular complexity index is 210. The molecule has 0 aromatic carbocycles. The number of nitrogens with one attached hydrogen (secondary N) is 1. The van der Waals surface area contributed by atoms with Gasteiger partial charge in [0.05, 0.1) is 0 Å². The molecule has 54 valence electrons. The summed E-state index contributed by atoms with van der Waals surface area (Å²) in [5.41, 5.74) is 4.96. The van der Waals surface area contributed by atoms with Crippen LogP contribution in [0.5, 0.6) is 0 Å². The van der Waals surface area contributed by atoms with Gasteiger partial charge in [0.1, 0.15) is 0 Å². The molecular weight excluding hydrogens is 126 g/mol. The van der Waals surface area contributed by atoms with E-state index >= 15 is 0 Å². The number of nitrogens with two attached hydrogens (primary N) is 1. The number of hydrogen-bond acceptors (Lipinski definition) is 3. The lowest BCUT2D eigenvalue weighted by molar-refractivity contribution is 0.736. The highest BCUT2D eigenvalue weighted by molar-refractivity contribution is 5.20. The Morgan fingerprint density at radius 1 is 1.70 bits per heavy atom. The van der Waals surface area contributed by atoms with E-state index in [2.05, 4.69) is 10.4 Å². The van der Waals surface area contributed by atoms with E-state index in [0.717, 1.165) is 0 Å².